The van der Waals surface area contributed by atoms with Gasteiger partial charge in [0, 0.05) is 18.5 Å². The van der Waals surface area contributed by atoms with Gasteiger partial charge in [0.1, 0.15) is 16.9 Å². The smallest absolute Gasteiger partial charge is 0.294 e. The highest BCUT2D eigenvalue weighted by atomic mass is 16.3. The molecule has 2 aromatic heterocycles. The zero-order valence-electron chi connectivity index (χ0n) is 13.3. The van der Waals surface area contributed by atoms with Crippen LogP contribution < -0.4 is 5.56 Å². The molecule has 0 spiro atoms. The third-order valence-corrected chi connectivity index (χ3v) is 4.67. The van der Waals surface area contributed by atoms with Crippen molar-refractivity contribution in [1.82, 2.24) is 14.9 Å². The Balaban J connectivity index is 1.75. The number of hydrogen-bond acceptors (Lipinski definition) is 5. The molecule has 2 radical (unpaired) electrons. The molecule has 1 aromatic carbocycles. The highest BCUT2D eigenvalue weighted by Crippen LogP contribution is 2.26. The molecule has 2 N–H and O–H groups in total. The molecule has 1 aliphatic heterocycles. The number of nitrogens with zero attached hydrogens (tertiary/aromatic N) is 2. The van der Waals surface area contributed by atoms with Crippen LogP contribution in [0.3, 0.4) is 0 Å². The Morgan fingerprint density at radius 1 is 1.46 bits per heavy atom. The fourth-order valence-corrected chi connectivity index (χ4v) is 3.37. The molecule has 1 aliphatic rings. The van der Waals surface area contributed by atoms with Crippen LogP contribution in [0.5, 0.6) is 0 Å². The molecule has 24 heavy (non-hydrogen) atoms. The Hall–Kier alpha value is -2.12. The van der Waals surface area contributed by atoms with Crippen LogP contribution >= 0.6 is 0 Å². The maximum Gasteiger partial charge on any atom is 0.294 e. The number of H-pyrrole nitrogens is 1. The van der Waals surface area contributed by atoms with E-state index < -0.39 is 0 Å². The van der Waals surface area contributed by atoms with Gasteiger partial charge in [-0.3, -0.25) is 9.69 Å². The Labute approximate surface area is 139 Å². The van der Waals surface area contributed by atoms with E-state index in [9.17, 15) is 9.90 Å². The van der Waals surface area contributed by atoms with E-state index in [1.807, 2.05) is 18.2 Å². The van der Waals surface area contributed by atoms with Crippen molar-refractivity contribution >= 4 is 29.9 Å². The summed E-state index contributed by atoms with van der Waals surface area (Å²) in [6.45, 7) is 2.48. The summed E-state index contributed by atoms with van der Waals surface area (Å²) in [5, 5.41) is 10.1. The second-order valence-corrected chi connectivity index (χ2v) is 6.40. The summed E-state index contributed by atoms with van der Waals surface area (Å²) in [6.07, 6.45) is 1.40. The molecule has 1 unspecified atom stereocenters. The molecule has 1 fully saturated rings. The van der Waals surface area contributed by atoms with E-state index in [2.05, 4.69) is 14.9 Å². The molecule has 3 aromatic rings. The minimum atomic E-state index is -0.265. The van der Waals surface area contributed by atoms with E-state index in [0.717, 1.165) is 30.5 Å². The largest absolute Gasteiger partial charge is 0.449 e. The van der Waals surface area contributed by atoms with E-state index in [-0.39, 0.29) is 17.7 Å². The number of likely N-dealkylation sites (tertiary alicyclic amines) is 1. The van der Waals surface area contributed by atoms with Crippen LogP contribution in [0.4, 0.5) is 0 Å². The van der Waals surface area contributed by atoms with Crippen molar-refractivity contribution in [3.05, 3.63) is 39.9 Å². The average Bonchev–Trinajstić information content (AvgIpc) is 3.19. The van der Waals surface area contributed by atoms with Gasteiger partial charge in [0.15, 0.2) is 0 Å². The van der Waals surface area contributed by atoms with Gasteiger partial charge in [-0.15, -0.1) is 0 Å². The van der Waals surface area contributed by atoms with Gasteiger partial charge in [0.2, 0.25) is 5.58 Å². The van der Waals surface area contributed by atoms with Gasteiger partial charge in [-0.05, 0) is 31.0 Å². The molecule has 0 saturated carbocycles. The number of aliphatic hydroxyl groups is 1. The number of furan rings is 1. The lowest BCUT2D eigenvalue weighted by Crippen LogP contribution is -2.24. The van der Waals surface area contributed by atoms with Gasteiger partial charge >= 0.3 is 0 Å². The first-order valence-corrected chi connectivity index (χ1v) is 8.15. The van der Waals surface area contributed by atoms with Gasteiger partial charge in [0.25, 0.3) is 5.56 Å². The lowest BCUT2D eigenvalue weighted by Gasteiger charge is -2.14. The Morgan fingerprint density at radius 3 is 3.08 bits per heavy atom. The van der Waals surface area contributed by atoms with Gasteiger partial charge in [-0.25, -0.2) is 4.98 Å². The van der Waals surface area contributed by atoms with Crippen molar-refractivity contribution in [2.45, 2.75) is 19.3 Å². The van der Waals surface area contributed by atoms with Crippen LogP contribution in [0.2, 0.25) is 0 Å². The number of hydrogen-bond donors (Lipinski definition) is 2. The first-order chi connectivity index (χ1) is 11.7. The first-order valence-electron chi connectivity index (χ1n) is 8.15. The summed E-state index contributed by atoms with van der Waals surface area (Å²) in [5.41, 5.74) is 2.17. The van der Waals surface area contributed by atoms with Crippen LogP contribution in [-0.2, 0) is 12.9 Å². The predicted octanol–water partition coefficient (Wildman–Crippen LogP) is 1.15. The number of aromatic amines is 1. The predicted molar refractivity (Wildman–Crippen MR) is 92.1 cm³/mol. The number of benzene rings is 1. The Bertz CT molecular complexity index is 949. The second kappa shape index (κ2) is 6.07. The van der Waals surface area contributed by atoms with Crippen molar-refractivity contribution in [2.24, 2.45) is 5.92 Å². The molecule has 4 rings (SSSR count). The first kappa shape index (κ1) is 15.4. The van der Waals surface area contributed by atoms with Crippen LogP contribution in [0.15, 0.2) is 27.4 Å². The van der Waals surface area contributed by atoms with Crippen molar-refractivity contribution < 1.29 is 9.52 Å². The third-order valence-electron chi connectivity index (χ3n) is 4.67. The quantitative estimate of drug-likeness (QED) is 0.704. The topological polar surface area (TPSA) is 82.4 Å². The lowest BCUT2D eigenvalue weighted by atomic mass is 9.96. The van der Waals surface area contributed by atoms with Crippen molar-refractivity contribution in [2.75, 3.05) is 19.7 Å². The summed E-state index contributed by atoms with van der Waals surface area (Å²) in [7, 11) is 5.70. The number of rotatable bonds is 4. The molecule has 122 valence electrons. The van der Waals surface area contributed by atoms with E-state index in [4.69, 9.17) is 12.3 Å². The minimum Gasteiger partial charge on any atom is -0.449 e. The fourth-order valence-electron chi connectivity index (χ4n) is 3.37. The summed E-state index contributed by atoms with van der Waals surface area (Å²) in [4.78, 5) is 22.0. The van der Waals surface area contributed by atoms with Crippen molar-refractivity contribution in [3.63, 3.8) is 0 Å². The van der Waals surface area contributed by atoms with Crippen molar-refractivity contribution in [1.29, 1.82) is 0 Å². The molecule has 0 aliphatic carbocycles. The molecule has 7 heteroatoms. The van der Waals surface area contributed by atoms with Gasteiger partial charge in [0.05, 0.1) is 14.4 Å². The number of nitrogens with one attached hydrogen (secondary N) is 1. The second-order valence-electron chi connectivity index (χ2n) is 6.40. The molecule has 6 nitrogen and oxygen atoms in total. The van der Waals surface area contributed by atoms with Gasteiger partial charge in [-0.2, -0.15) is 0 Å². The van der Waals surface area contributed by atoms with E-state index in [1.54, 1.807) is 0 Å². The summed E-state index contributed by atoms with van der Waals surface area (Å²) in [6, 6.07) is 5.64. The maximum atomic E-state index is 12.3. The maximum absolute atomic E-state index is 12.3. The van der Waals surface area contributed by atoms with Gasteiger partial charge < -0.3 is 14.5 Å². The average molecular weight is 323 g/mol. The summed E-state index contributed by atoms with van der Waals surface area (Å²) < 4.78 is 5.65. The minimum absolute atomic E-state index is 0.202. The Kier molecular flexibility index (Phi) is 3.90. The standard InChI is InChI=1S/C17H18BN3O3/c18-6-10-1-2-13-12(5-10)15-16(24-13)17(23)20-14(19-15)8-21-4-3-11(7-21)9-22/h1-2,5,11,22H,3-4,6-9H2,(H,19,20,23). The normalized spacial score (nSPS) is 18.8. The molecular formula is C17H18BN3O3. The molecule has 1 atom stereocenters. The number of aliphatic hydroxyl groups excluding tert-OH is 1. The fraction of sp³-hybridized carbons (Fsp3) is 0.412. The van der Waals surface area contributed by atoms with Crippen LogP contribution in [0, 0.1) is 5.92 Å². The van der Waals surface area contributed by atoms with E-state index in [1.165, 1.54) is 0 Å². The molecule has 0 amide bonds. The zero-order chi connectivity index (χ0) is 16.7. The van der Waals surface area contributed by atoms with Crippen LogP contribution in [-0.4, -0.2) is 47.5 Å². The summed E-state index contributed by atoms with van der Waals surface area (Å²) >= 11 is 0. The van der Waals surface area contributed by atoms with Crippen LogP contribution in [0.25, 0.3) is 22.1 Å². The van der Waals surface area contributed by atoms with Crippen LogP contribution in [0.1, 0.15) is 17.8 Å². The Morgan fingerprint density at radius 2 is 2.33 bits per heavy atom. The summed E-state index contributed by atoms with van der Waals surface area (Å²) in [5.74, 6) is 0.925. The monoisotopic (exact) mass is 323 g/mol. The van der Waals surface area contributed by atoms with Crippen molar-refractivity contribution in [3.8, 4) is 0 Å². The molecule has 1 saturated heterocycles. The SMILES string of the molecule is [B]Cc1ccc2oc3c(=O)[nH]c(CN4CCC(CO)C4)nc3c2c1. The number of fused-ring (bicyclic) bond motifs is 3. The molecular weight excluding hydrogens is 305 g/mol. The lowest BCUT2D eigenvalue weighted by molar-refractivity contribution is 0.219. The highest BCUT2D eigenvalue weighted by Gasteiger charge is 2.23. The van der Waals surface area contributed by atoms with E-state index >= 15 is 0 Å². The number of aromatic nitrogens is 2. The molecule has 3 heterocycles. The van der Waals surface area contributed by atoms with Gasteiger partial charge in [-0.1, -0.05) is 17.9 Å². The third kappa shape index (κ3) is 2.63. The molecule has 0 bridgehead atoms. The van der Waals surface area contributed by atoms with E-state index in [0.29, 0.717) is 35.7 Å². The zero-order valence-corrected chi connectivity index (χ0v) is 13.3. The highest BCUT2D eigenvalue weighted by molar-refractivity contribution is 6.09.